The minimum Gasteiger partial charge on any atom is -0.406 e. The number of ether oxygens (including phenoxy) is 1. The Morgan fingerprint density at radius 2 is 2.04 bits per heavy atom. The van der Waals surface area contributed by atoms with Crippen molar-refractivity contribution in [1.82, 2.24) is 15.5 Å². The Hall–Kier alpha value is -2.48. The van der Waals surface area contributed by atoms with Crippen LogP contribution in [0.3, 0.4) is 0 Å². The van der Waals surface area contributed by atoms with E-state index < -0.39 is 6.36 Å². The number of halogens is 3. The van der Waals surface area contributed by atoms with Gasteiger partial charge >= 0.3 is 6.36 Å². The molecule has 2 heterocycles. The largest absolute Gasteiger partial charge is 0.573 e. The first kappa shape index (κ1) is 18.3. The molecule has 26 heavy (non-hydrogen) atoms. The number of alkyl halides is 3. The van der Waals surface area contributed by atoms with Crippen molar-refractivity contribution in [3.8, 4) is 5.75 Å². The monoisotopic (exact) mass is 365 g/mol. The number of aromatic nitrogens is 2. The molecule has 1 N–H and O–H groups in total. The van der Waals surface area contributed by atoms with E-state index in [-0.39, 0.29) is 24.4 Å². The lowest BCUT2D eigenvalue weighted by Gasteiger charge is -2.10. The maximum absolute atomic E-state index is 12.3. The van der Waals surface area contributed by atoms with Crippen molar-refractivity contribution in [2.45, 2.75) is 31.5 Å². The lowest BCUT2D eigenvalue weighted by molar-refractivity contribution is -0.274. The van der Waals surface area contributed by atoms with E-state index in [0.29, 0.717) is 17.2 Å². The zero-order valence-corrected chi connectivity index (χ0v) is 13.9. The van der Waals surface area contributed by atoms with E-state index in [1.54, 1.807) is 12.1 Å². The van der Waals surface area contributed by atoms with Gasteiger partial charge in [0.15, 0.2) is 0 Å². The molecular formula is C18H18F3N3O2. The Labute approximate surface area is 148 Å². The van der Waals surface area contributed by atoms with Crippen molar-refractivity contribution in [3.05, 3.63) is 53.3 Å². The molecule has 1 unspecified atom stereocenters. The minimum atomic E-state index is -4.76. The standard InChI is InChI=1S/C18H18F3N3O2/c19-18(20,21)26-16-3-1-2-12(9-16)8-15(25)10-14-4-5-17(24-23-14)13-6-7-22-11-13/h1-5,9,13,22H,6-8,10-11H2. The van der Waals surface area contributed by atoms with E-state index in [4.69, 9.17) is 0 Å². The number of carbonyl (C=O) groups is 1. The molecule has 2 aromatic rings. The summed E-state index contributed by atoms with van der Waals surface area (Å²) in [7, 11) is 0. The molecular weight excluding hydrogens is 347 g/mol. The number of carbonyl (C=O) groups excluding carboxylic acids is 1. The molecule has 8 heteroatoms. The predicted molar refractivity (Wildman–Crippen MR) is 87.8 cm³/mol. The van der Waals surface area contributed by atoms with E-state index in [2.05, 4.69) is 20.3 Å². The summed E-state index contributed by atoms with van der Waals surface area (Å²) in [5.74, 6) is -0.139. The van der Waals surface area contributed by atoms with Crippen LogP contribution < -0.4 is 10.1 Å². The van der Waals surface area contributed by atoms with Gasteiger partial charge in [-0.25, -0.2) is 0 Å². The van der Waals surface area contributed by atoms with Crippen LogP contribution in [-0.4, -0.2) is 35.4 Å². The molecule has 0 spiro atoms. The molecule has 138 valence electrons. The summed E-state index contributed by atoms with van der Waals surface area (Å²) < 4.78 is 40.6. The fourth-order valence-electron chi connectivity index (χ4n) is 2.93. The van der Waals surface area contributed by atoms with E-state index in [1.807, 2.05) is 6.07 Å². The highest BCUT2D eigenvalue weighted by atomic mass is 19.4. The second kappa shape index (κ2) is 7.82. The van der Waals surface area contributed by atoms with Gasteiger partial charge in [-0.3, -0.25) is 4.79 Å². The highest BCUT2D eigenvalue weighted by Gasteiger charge is 2.31. The molecule has 0 bridgehead atoms. The number of rotatable bonds is 6. The van der Waals surface area contributed by atoms with Crippen LogP contribution in [0.4, 0.5) is 13.2 Å². The second-order valence-corrected chi connectivity index (χ2v) is 6.23. The van der Waals surface area contributed by atoms with E-state index in [1.165, 1.54) is 18.2 Å². The van der Waals surface area contributed by atoms with Gasteiger partial charge in [0.1, 0.15) is 11.5 Å². The molecule has 1 aromatic carbocycles. The molecule has 0 saturated carbocycles. The number of hydrogen-bond donors (Lipinski definition) is 1. The van der Waals surface area contributed by atoms with Gasteiger partial charge in [-0.15, -0.1) is 13.2 Å². The van der Waals surface area contributed by atoms with Gasteiger partial charge in [0.25, 0.3) is 0 Å². The quantitative estimate of drug-likeness (QED) is 0.853. The maximum Gasteiger partial charge on any atom is 0.573 e. The number of nitrogens with one attached hydrogen (secondary N) is 1. The molecule has 1 aliphatic rings. The molecule has 1 aliphatic heterocycles. The number of Topliss-reactive ketones (excluding diaryl/α,β-unsaturated/α-hetero) is 1. The molecule has 0 aliphatic carbocycles. The Kier molecular flexibility index (Phi) is 5.51. The molecule has 0 amide bonds. The van der Waals surface area contributed by atoms with Gasteiger partial charge in [0.05, 0.1) is 17.8 Å². The Morgan fingerprint density at radius 3 is 2.69 bits per heavy atom. The average molecular weight is 365 g/mol. The molecule has 0 radical (unpaired) electrons. The van der Waals surface area contributed by atoms with Crippen LogP contribution in [0.2, 0.25) is 0 Å². The van der Waals surface area contributed by atoms with E-state index >= 15 is 0 Å². The van der Waals surface area contributed by atoms with Gasteiger partial charge in [-0.05, 0) is 42.8 Å². The SMILES string of the molecule is O=C(Cc1cccc(OC(F)(F)F)c1)Cc1ccc(C2CCNC2)nn1. The normalized spacial score (nSPS) is 17.3. The van der Waals surface area contributed by atoms with Gasteiger partial charge < -0.3 is 10.1 Å². The highest BCUT2D eigenvalue weighted by Crippen LogP contribution is 2.24. The summed E-state index contributed by atoms with van der Waals surface area (Å²) in [6.45, 7) is 1.84. The van der Waals surface area contributed by atoms with Gasteiger partial charge in [-0.1, -0.05) is 12.1 Å². The van der Waals surface area contributed by atoms with Crippen molar-refractivity contribution < 1.29 is 22.7 Å². The number of ketones is 1. The first-order valence-electron chi connectivity index (χ1n) is 8.29. The van der Waals surface area contributed by atoms with Gasteiger partial charge in [-0.2, -0.15) is 10.2 Å². The van der Waals surface area contributed by atoms with Gasteiger partial charge in [0, 0.05) is 18.9 Å². The van der Waals surface area contributed by atoms with Crippen molar-refractivity contribution in [1.29, 1.82) is 0 Å². The number of hydrogen-bond acceptors (Lipinski definition) is 5. The van der Waals surface area contributed by atoms with Crippen LogP contribution in [0.5, 0.6) is 5.75 Å². The van der Waals surface area contributed by atoms with Crippen LogP contribution in [-0.2, 0) is 17.6 Å². The summed E-state index contributed by atoms with van der Waals surface area (Å²) in [6, 6.07) is 9.08. The van der Waals surface area contributed by atoms with Crippen LogP contribution >= 0.6 is 0 Å². The average Bonchev–Trinajstić information content (AvgIpc) is 3.08. The lowest BCUT2D eigenvalue weighted by Crippen LogP contribution is -2.17. The smallest absolute Gasteiger partial charge is 0.406 e. The minimum absolute atomic E-state index is 0.00499. The zero-order valence-electron chi connectivity index (χ0n) is 13.9. The van der Waals surface area contributed by atoms with Crippen molar-refractivity contribution >= 4 is 5.78 Å². The molecule has 1 fully saturated rings. The number of nitrogens with zero attached hydrogens (tertiary/aromatic N) is 2. The second-order valence-electron chi connectivity index (χ2n) is 6.23. The molecule has 3 rings (SSSR count). The number of benzene rings is 1. The predicted octanol–water partition coefficient (Wildman–Crippen LogP) is 2.81. The zero-order chi connectivity index (χ0) is 18.6. The van der Waals surface area contributed by atoms with Crippen molar-refractivity contribution in [2.24, 2.45) is 0 Å². The third-order valence-electron chi connectivity index (χ3n) is 4.13. The Bertz CT molecular complexity index is 757. The maximum atomic E-state index is 12.3. The van der Waals surface area contributed by atoms with E-state index in [9.17, 15) is 18.0 Å². The topological polar surface area (TPSA) is 64.1 Å². The van der Waals surface area contributed by atoms with Crippen LogP contribution in [0.15, 0.2) is 36.4 Å². The Morgan fingerprint density at radius 1 is 1.19 bits per heavy atom. The summed E-state index contributed by atoms with van der Waals surface area (Å²) in [5.41, 5.74) is 1.91. The van der Waals surface area contributed by atoms with Crippen LogP contribution in [0, 0.1) is 0 Å². The molecule has 1 saturated heterocycles. The van der Waals surface area contributed by atoms with Crippen molar-refractivity contribution in [3.63, 3.8) is 0 Å². The first-order valence-corrected chi connectivity index (χ1v) is 8.29. The van der Waals surface area contributed by atoms with Crippen molar-refractivity contribution in [2.75, 3.05) is 13.1 Å². The fraction of sp³-hybridized carbons (Fsp3) is 0.389. The third-order valence-corrected chi connectivity index (χ3v) is 4.13. The fourth-order valence-corrected chi connectivity index (χ4v) is 2.93. The summed E-state index contributed by atoms with van der Waals surface area (Å²) in [5, 5.41) is 11.5. The van der Waals surface area contributed by atoms with E-state index in [0.717, 1.165) is 25.2 Å². The molecule has 1 atom stereocenters. The van der Waals surface area contributed by atoms with Crippen LogP contribution in [0.1, 0.15) is 29.3 Å². The first-order chi connectivity index (χ1) is 12.4. The molecule has 1 aromatic heterocycles. The van der Waals surface area contributed by atoms with Gasteiger partial charge in [0.2, 0.25) is 0 Å². The highest BCUT2D eigenvalue weighted by molar-refractivity contribution is 5.82. The summed E-state index contributed by atoms with van der Waals surface area (Å²) >= 11 is 0. The Balaban J connectivity index is 1.57. The third kappa shape index (κ3) is 5.26. The molecule has 5 nitrogen and oxygen atoms in total. The summed E-state index contributed by atoms with van der Waals surface area (Å²) in [6.07, 6.45) is -3.65. The lowest BCUT2D eigenvalue weighted by atomic mass is 10.0. The van der Waals surface area contributed by atoms with Crippen LogP contribution in [0.25, 0.3) is 0 Å². The summed E-state index contributed by atoms with van der Waals surface area (Å²) in [4.78, 5) is 12.2.